The lowest BCUT2D eigenvalue weighted by Gasteiger charge is -2.29. The van der Waals surface area contributed by atoms with Gasteiger partial charge >= 0.3 is 0 Å². The second-order valence-electron chi connectivity index (χ2n) is 6.91. The van der Waals surface area contributed by atoms with Crippen molar-refractivity contribution in [2.45, 2.75) is 12.6 Å². The van der Waals surface area contributed by atoms with Crippen molar-refractivity contribution in [2.24, 2.45) is 0 Å². The molecule has 8 heteroatoms. The molecule has 1 aliphatic rings. The zero-order valence-corrected chi connectivity index (χ0v) is 19.2. The van der Waals surface area contributed by atoms with Crippen LogP contribution >= 0.6 is 45.8 Å². The number of nitrogens with two attached hydrogens (primary N) is 1. The van der Waals surface area contributed by atoms with Crippen LogP contribution in [0.25, 0.3) is 0 Å². The Labute approximate surface area is 197 Å². The summed E-state index contributed by atoms with van der Waals surface area (Å²) in [7, 11) is 0. The first-order valence-corrected chi connectivity index (χ1v) is 10.9. The lowest BCUT2D eigenvalue weighted by molar-refractivity contribution is -0.120. The Hall–Kier alpha value is -2.29. The van der Waals surface area contributed by atoms with Crippen LogP contribution in [0.5, 0.6) is 0 Å². The maximum atomic E-state index is 13.6. The molecule has 0 bridgehead atoms. The molecule has 1 heterocycles. The van der Waals surface area contributed by atoms with Crippen LogP contribution in [-0.4, -0.2) is 16.7 Å². The predicted molar refractivity (Wildman–Crippen MR) is 128 cm³/mol. The molecular formula is C22H16Cl2IN3O2. The van der Waals surface area contributed by atoms with Crippen molar-refractivity contribution in [1.82, 2.24) is 4.90 Å². The van der Waals surface area contributed by atoms with Crippen molar-refractivity contribution in [3.05, 3.63) is 91.0 Å². The van der Waals surface area contributed by atoms with E-state index in [0.717, 1.165) is 3.57 Å². The lowest BCUT2D eigenvalue weighted by atomic mass is 10.0. The van der Waals surface area contributed by atoms with Crippen LogP contribution in [0.3, 0.4) is 0 Å². The molecule has 4 rings (SSSR count). The van der Waals surface area contributed by atoms with Crippen molar-refractivity contribution >= 4 is 69.0 Å². The number of nitrogens with one attached hydrogen (secondary N) is 1. The van der Waals surface area contributed by atoms with E-state index >= 15 is 0 Å². The number of halogens is 3. The van der Waals surface area contributed by atoms with E-state index in [0.29, 0.717) is 38.1 Å². The van der Waals surface area contributed by atoms with E-state index in [1.54, 1.807) is 54.6 Å². The van der Waals surface area contributed by atoms with Crippen LogP contribution in [0.4, 0.5) is 11.4 Å². The average molecular weight is 552 g/mol. The zero-order valence-electron chi connectivity index (χ0n) is 15.5. The van der Waals surface area contributed by atoms with Gasteiger partial charge in [-0.25, -0.2) is 0 Å². The minimum Gasteiger partial charge on any atom is -0.398 e. The van der Waals surface area contributed by atoms with Gasteiger partial charge in [0, 0.05) is 25.8 Å². The normalized spacial score (nSPS) is 16.1. The van der Waals surface area contributed by atoms with Crippen LogP contribution in [0.15, 0.2) is 60.7 Å². The molecule has 0 spiro atoms. The molecule has 1 unspecified atom stereocenters. The van der Waals surface area contributed by atoms with E-state index in [2.05, 4.69) is 27.9 Å². The van der Waals surface area contributed by atoms with Gasteiger partial charge < -0.3 is 16.0 Å². The van der Waals surface area contributed by atoms with Gasteiger partial charge in [0.25, 0.3) is 11.8 Å². The van der Waals surface area contributed by atoms with Gasteiger partial charge in [0.2, 0.25) is 0 Å². The molecule has 3 aromatic rings. The Morgan fingerprint density at radius 1 is 0.967 bits per heavy atom. The molecule has 3 aromatic carbocycles. The number of hydrogen-bond acceptors (Lipinski definition) is 3. The summed E-state index contributed by atoms with van der Waals surface area (Å²) < 4.78 is 0.893. The van der Waals surface area contributed by atoms with E-state index in [1.807, 2.05) is 6.07 Å². The van der Waals surface area contributed by atoms with E-state index in [1.165, 1.54) is 4.90 Å². The summed E-state index contributed by atoms with van der Waals surface area (Å²) in [4.78, 5) is 28.4. The number of carbonyl (C=O) groups is 2. The smallest absolute Gasteiger partial charge is 0.257 e. The van der Waals surface area contributed by atoms with E-state index in [-0.39, 0.29) is 18.4 Å². The standard InChI is InChI=1S/C22H16Cl2IN3O2/c23-14-4-1-12(2-5-14)20-21(29)27-19-8-7-16(25)10-17(19)22(30)28(20)11-13-3-6-15(24)9-18(13)26/h1-10,20H,11,26H2,(H,27,29). The van der Waals surface area contributed by atoms with E-state index in [4.69, 9.17) is 28.9 Å². The molecule has 0 radical (unpaired) electrons. The van der Waals surface area contributed by atoms with Gasteiger partial charge in [0.1, 0.15) is 6.04 Å². The fourth-order valence-electron chi connectivity index (χ4n) is 3.45. The third-order valence-electron chi connectivity index (χ3n) is 4.93. The Kier molecular flexibility index (Phi) is 5.90. The van der Waals surface area contributed by atoms with Crippen molar-refractivity contribution in [2.75, 3.05) is 11.1 Å². The predicted octanol–water partition coefficient (Wildman–Crippen LogP) is 5.52. The summed E-state index contributed by atoms with van der Waals surface area (Å²) in [5.41, 5.74) is 8.86. The molecule has 152 valence electrons. The van der Waals surface area contributed by atoms with Gasteiger partial charge in [-0.1, -0.05) is 41.4 Å². The number of benzene rings is 3. The molecule has 30 heavy (non-hydrogen) atoms. The second-order valence-corrected chi connectivity index (χ2v) is 9.03. The Bertz CT molecular complexity index is 1150. The molecule has 5 nitrogen and oxygen atoms in total. The fraction of sp³-hybridized carbons (Fsp3) is 0.0909. The number of amides is 2. The number of rotatable bonds is 3. The summed E-state index contributed by atoms with van der Waals surface area (Å²) in [6.07, 6.45) is 0. The number of carbonyl (C=O) groups excluding carboxylic acids is 2. The number of nitrogen functional groups attached to an aromatic ring is 1. The maximum absolute atomic E-state index is 13.6. The molecule has 0 saturated heterocycles. The SMILES string of the molecule is Nc1cc(Cl)ccc1CN1C(=O)c2cc(I)ccc2NC(=O)C1c1ccc(Cl)cc1. The molecule has 0 saturated carbocycles. The first-order valence-electron chi connectivity index (χ1n) is 9.04. The molecule has 1 aliphatic heterocycles. The Morgan fingerprint density at radius 3 is 2.37 bits per heavy atom. The summed E-state index contributed by atoms with van der Waals surface area (Å²) in [5.74, 6) is -0.575. The largest absolute Gasteiger partial charge is 0.398 e. The summed E-state index contributed by atoms with van der Waals surface area (Å²) in [6.45, 7) is 0.146. The van der Waals surface area contributed by atoms with Crippen LogP contribution < -0.4 is 11.1 Å². The third-order valence-corrected chi connectivity index (χ3v) is 6.08. The molecular weight excluding hydrogens is 536 g/mol. The van der Waals surface area contributed by atoms with E-state index < -0.39 is 6.04 Å². The van der Waals surface area contributed by atoms with Gasteiger partial charge in [-0.15, -0.1) is 0 Å². The third kappa shape index (κ3) is 4.12. The van der Waals surface area contributed by atoms with Crippen molar-refractivity contribution in [1.29, 1.82) is 0 Å². The minimum atomic E-state index is -0.852. The van der Waals surface area contributed by atoms with Crippen molar-refractivity contribution in [3.63, 3.8) is 0 Å². The molecule has 0 fully saturated rings. The van der Waals surface area contributed by atoms with Gasteiger partial charge in [0.05, 0.1) is 11.3 Å². The van der Waals surface area contributed by atoms with Crippen LogP contribution in [0.1, 0.15) is 27.5 Å². The Morgan fingerprint density at radius 2 is 1.67 bits per heavy atom. The quantitative estimate of drug-likeness (QED) is 0.332. The zero-order chi connectivity index (χ0) is 21.4. The van der Waals surface area contributed by atoms with Crippen LogP contribution in [0.2, 0.25) is 10.0 Å². The highest BCUT2D eigenvalue weighted by Crippen LogP contribution is 2.34. The molecule has 0 aliphatic carbocycles. The first-order chi connectivity index (χ1) is 14.3. The maximum Gasteiger partial charge on any atom is 0.257 e. The minimum absolute atomic E-state index is 0.146. The number of fused-ring (bicyclic) bond motifs is 1. The number of hydrogen-bond donors (Lipinski definition) is 2. The second kappa shape index (κ2) is 8.45. The van der Waals surface area contributed by atoms with Crippen molar-refractivity contribution in [3.8, 4) is 0 Å². The molecule has 2 amide bonds. The first kappa shape index (κ1) is 21.0. The van der Waals surface area contributed by atoms with Crippen LogP contribution in [-0.2, 0) is 11.3 Å². The number of anilines is 2. The highest BCUT2D eigenvalue weighted by molar-refractivity contribution is 14.1. The monoisotopic (exact) mass is 551 g/mol. The molecule has 3 N–H and O–H groups in total. The van der Waals surface area contributed by atoms with Gasteiger partial charge in [-0.05, 0) is 76.2 Å². The highest BCUT2D eigenvalue weighted by atomic mass is 127. The summed E-state index contributed by atoms with van der Waals surface area (Å²) >= 11 is 14.2. The molecule has 0 aromatic heterocycles. The van der Waals surface area contributed by atoms with Gasteiger partial charge in [-0.3, -0.25) is 9.59 Å². The lowest BCUT2D eigenvalue weighted by Crippen LogP contribution is -2.38. The van der Waals surface area contributed by atoms with Gasteiger partial charge in [-0.2, -0.15) is 0 Å². The highest BCUT2D eigenvalue weighted by Gasteiger charge is 2.36. The van der Waals surface area contributed by atoms with Gasteiger partial charge in [0.15, 0.2) is 0 Å². The topological polar surface area (TPSA) is 75.4 Å². The van der Waals surface area contributed by atoms with E-state index in [9.17, 15) is 9.59 Å². The summed E-state index contributed by atoms with van der Waals surface area (Å²) in [5, 5.41) is 3.94. The number of nitrogens with zero attached hydrogens (tertiary/aromatic N) is 1. The van der Waals surface area contributed by atoms with Crippen LogP contribution in [0, 0.1) is 3.57 Å². The Balaban J connectivity index is 1.85. The average Bonchev–Trinajstić information content (AvgIpc) is 2.80. The van der Waals surface area contributed by atoms with Crippen molar-refractivity contribution < 1.29 is 9.59 Å². The fourth-order valence-corrected chi connectivity index (χ4v) is 4.25. The summed E-state index contributed by atoms with van der Waals surface area (Å²) in [6, 6.07) is 16.5. The molecule has 1 atom stereocenters.